The third kappa shape index (κ3) is 4.83. The Morgan fingerprint density at radius 2 is 1.73 bits per heavy atom. The molecule has 1 N–H and O–H groups in total. The van der Waals surface area contributed by atoms with E-state index in [9.17, 15) is 13.6 Å². The lowest BCUT2D eigenvalue weighted by atomic mass is 10.0. The molecule has 1 aromatic heterocycles. The summed E-state index contributed by atoms with van der Waals surface area (Å²) in [6.45, 7) is 1.51. The lowest BCUT2D eigenvalue weighted by Gasteiger charge is -2.18. The minimum absolute atomic E-state index is 0.00906. The van der Waals surface area contributed by atoms with Gasteiger partial charge >= 0.3 is 0 Å². The van der Waals surface area contributed by atoms with E-state index in [1.165, 1.54) is 41.9 Å². The summed E-state index contributed by atoms with van der Waals surface area (Å²) < 4.78 is 30.4. The molecule has 4 nitrogen and oxygen atoms in total. The highest BCUT2D eigenvalue weighted by Gasteiger charge is 2.31. The van der Waals surface area contributed by atoms with Crippen LogP contribution in [-0.2, 0) is 12.5 Å². The summed E-state index contributed by atoms with van der Waals surface area (Å²) in [6.07, 6.45) is 3.64. The van der Waals surface area contributed by atoms with Crippen molar-refractivity contribution in [2.45, 2.75) is 19.4 Å². The molecule has 1 heterocycles. The number of aromatic nitrogens is 2. The molecular formula is C21H16Cl3F2N3O. The van der Waals surface area contributed by atoms with Crippen LogP contribution in [0.2, 0.25) is 15.1 Å². The Balaban J connectivity index is 1.84. The lowest BCUT2D eigenvalue weighted by Crippen LogP contribution is -2.16. The number of nitrogens with one attached hydrogen (secondary N) is 1. The van der Waals surface area contributed by atoms with Crippen molar-refractivity contribution in [3.8, 4) is 0 Å². The highest BCUT2D eigenvalue weighted by molar-refractivity contribution is 6.40. The molecule has 0 spiro atoms. The maximum Gasteiger partial charge on any atom is 0.292 e. The molecule has 0 radical (unpaired) electrons. The van der Waals surface area contributed by atoms with Crippen LogP contribution >= 0.6 is 34.8 Å². The predicted molar refractivity (Wildman–Crippen MR) is 116 cm³/mol. The Kier molecular flexibility index (Phi) is 6.81. The number of benzene rings is 2. The molecule has 0 fully saturated rings. The minimum Gasteiger partial charge on any atom is -0.305 e. The first-order valence-corrected chi connectivity index (χ1v) is 9.94. The standard InChI is InChI=1S/C21H16Cl3F2N3O/c1-2-10-21(25,26)14-5-3-6-15(22)13(14)12-29-11-9-18(28-29)27-20(30)19-16(23)7-4-8-17(19)24/h2-11H,12H2,1H3,(H,27,28,30). The van der Waals surface area contributed by atoms with Gasteiger partial charge in [0.1, 0.15) is 0 Å². The third-order valence-electron chi connectivity index (χ3n) is 4.25. The number of halogens is 5. The van der Waals surface area contributed by atoms with Crippen LogP contribution in [0.5, 0.6) is 0 Å². The molecule has 9 heteroatoms. The second-order valence-corrected chi connectivity index (χ2v) is 7.56. The molecule has 3 aromatic rings. The van der Waals surface area contributed by atoms with Crippen LogP contribution in [0.15, 0.2) is 60.8 Å². The average Bonchev–Trinajstić information content (AvgIpc) is 3.10. The van der Waals surface area contributed by atoms with E-state index in [-0.39, 0.29) is 44.1 Å². The molecule has 0 saturated heterocycles. The average molecular weight is 471 g/mol. The van der Waals surface area contributed by atoms with Gasteiger partial charge in [-0.25, -0.2) is 0 Å². The SMILES string of the molecule is CC=CC(F)(F)c1cccc(Cl)c1Cn1ccc(NC(=O)c2c(Cl)cccc2Cl)n1. The molecule has 156 valence electrons. The van der Waals surface area contributed by atoms with E-state index in [1.54, 1.807) is 24.4 Å². The Hall–Kier alpha value is -2.41. The second kappa shape index (κ2) is 9.16. The maximum absolute atomic E-state index is 14.5. The van der Waals surface area contributed by atoms with Gasteiger partial charge in [-0.1, -0.05) is 59.1 Å². The molecule has 0 aliphatic carbocycles. The summed E-state index contributed by atoms with van der Waals surface area (Å²) in [4.78, 5) is 12.5. The van der Waals surface area contributed by atoms with Gasteiger partial charge in [0.15, 0.2) is 5.82 Å². The molecule has 2 aromatic carbocycles. The Morgan fingerprint density at radius 1 is 1.10 bits per heavy atom. The molecular weight excluding hydrogens is 455 g/mol. The van der Waals surface area contributed by atoms with Crippen LogP contribution in [0.4, 0.5) is 14.6 Å². The molecule has 0 aliphatic heterocycles. The van der Waals surface area contributed by atoms with Gasteiger partial charge in [0, 0.05) is 28.4 Å². The van der Waals surface area contributed by atoms with Crippen LogP contribution in [0.25, 0.3) is 0 Å². The van der Waals surface area contributed by atoms with Crippen molar-refractivity contribution in [2.24, 2.45) is 0 Å². The predicted octanol–water partition coefficient (Wildman–Crippen LogP) is 6.81. The number of carbonyl (C=O) groups is 1. The maximum atomic E-state index is 14.5. The highest BCUT2D eigenvalue weighted by atomic mass is 35.5. The molecule has 0 aliphatic rings. The number of alkyl halides is 2. The van der Waals surface area contributed by atoms with Gasteiger partial charge in [-0.05, 0) is 31.2 Å². The molecule has 0 bridgehead atoms. The smallest absolute Gasteiger partial charge is 0.292 e. The Bertz CT molecular complexity index is 1090. The van der Waals surface area contributed by atoms with Crippen LogP contribution < -0.4 is 5.32 Å². The monoisotopic (exact) mass is 469 g/mol. The van der Waals surface area contributed by atoms with Crippen LogP contribution in [0, 0.1) is 0 Å². The number of rotatable bonds is 6. The zero-order valence-corrected chi connectivity index (χ0v) is 17.9. The summed E-state index contributed by atoms with van der Waals surface area (Å²) in [5, 5.41) is 7.41. The normalized spacial score (nSPS) is 11.8. The zero-order chi connectivity index (χ0) is 21.9. The molecule has 30 heavy (non-hydrogen) atoms. The van der Waals surface area contributed by atoms with E-state index in [2.05, 4.69) is 10.4 Å². The van der Waals surface area contributed by atoms with Crippen molar-refractivity contribution < 1.29 is 13.6 Å². The van der Waals surface area contributed by atoms with E-state index in [4.69, 9.17) is 34.8 Å². The fraction of sp³-hybridized carbons (Fsp3) is 0.143. The van der Waals surface area contributed by atoms with Crippen molar-refractivity contribution in [2.75, 3.05) is 5.32 Å². The van der Waals surface area contributed by atoms with Crippen molar-refractivity contribution in [3.05, 3.63) is 92.6 Å². The van der Waals surface area contributed by atoms with Gasteiger partial charge in [0.05, 0.1) is 22.2 Å². The molecule has 0 saturated carbocycles. The quantitative estimate of drug-likeness (QED) is 0.402. The first-order chi connectivity index (χ1) is 14.2. The number of carbonyl (C=O) groups excluding carboxylic acids is 1. The Morgan fingerprint density at radius 3 is 2.40 bits per heavy atom. The van der Waals surface area contributed by atoms with E-state index >= 15 is 0 Å². The summed E-state index contributed by atoms with van der Waals surface area (Å²) in [6, 6.07) is 10.6. The lowest BCUT2D eigenvalue weighted by molar-refractivity contribution is 0.0508. The number of hydrogen-bond acceptors (Lipinski definition) is 2. The topological polar surface area (TPSA) is 46.9 Å². The van der Waals surface area contributed by atoms with Gasteiger partial charge in [-0.3, -0.25) is 9.48 Å². The third-order valence-corrected chi connectivity index (χ3v) is 5.23. The highest BCUT2D eigenvalue weighted by Crippen LogP contribution is 2.35. The van der Waals surface area contributed by atoms with Gasteiger partial charge in [0.25, 0.3) is 11.8 Å². The van der Waals surface area contributed by atoms with Gasteiger partial charge in [-0.2, -0.15) is 13.9 Å². The van der Waals surface area contributed by atoms with Gasteiger partial charge in [-0.15, -0.1) is 0 Å². The van der Waals surface area contributed by atoms with E-state index < -0.39 is 11.8 Å². The zero-order valence-electron chi connectivity index (χ0n) is 15.7. The van der Waals surface area contributed by atoms with Crippen LogP contribution in [0.1, 0.15) is 28.4 Å². The molecule has 3 rings (SSSR count). The fourth-order valence-electron chi connectivity index (χ4n) is 2.90. The number of allylic oxidation sites excluding steroid dienone is 2. The summed E-state index contributed by atoms with van der Waals surface area (Å²) >= 11 is 18.3. The number of anilines is 1. The molecule has 0 atom stereocenters. The first kappa shape index (κ1) is 22.3. The largest absolute Gasteiger partial charge is 0.305 e. The fourth-order valence-corrected chi connectivity index (χ4v) is 3.71. The van der Waals surface area contributed by atoms with Crippen molar-refractivity contribution in [1.29, 1.82) is 0 Å². The minimum atomic E-state index is -3.18. The van der Waals surface area contributed by atoms with Gasteiger partial charge < -0.3 is 5.32 Å². The van der Waals surface area contributed by atoms with E-state index in [1.807, 2.05) is 0 Å². The van der Waals surface area contributed by atoms with Crippen LogP contribution in [0.3, 0.4) is 0 Å². The van der Waals surface area contributed by atoms with Crippen LogP contribution in [-0.4, -0.2) is 15.7 Å². The Labute approximate surface area is 187 Å². The number of hydrogen-bond donors (Lipinski definition) is 1. The summed E-state index contributed by atoms with van der Waals surface area (Å²) in [5.41, 5.74) is 0.143. The van der Waals surface area contributed by atoms with E-state index in [0.717, 1.165) is 6.08 Å². The number of nitrogens with zero attached hydrogens (tertiary/aromatic N) is 2. The summed E-state index contributed by atoms with van der Waals surface area (Å²) in [7, 11) is 0. The number of amides is 1. The molecule has 1 amide bonds. The van der Waals surface area contributed by atoms with Crippen molar-refractivity contribution >= 4 is 46.5 Å². The van der Waals surface area contributed by atoms with E-state index in [0.29, 0.717) is 0 Å². The van der Waals surface area contributed by atoms with Crippen molar-refractivity contribution in [1.82, 2.24) is 9.78 Å². The van der Waals surface area contributed by atoms with Gasteiger partial charge in [0.2, 0.25) is 0 Å². The summed E-state index contributed by atoms with van der Waals surface area (Å²) in [5.74, 6) is -3.50. The van der Waals surface area contributed by atoms with Crippen molar-refractivity contribution in [3.63, 3.8) is 0 Å². The second-order valence-electron chi connectivity index (χ2n) is 6.34. The molecule has 0 unspecified atom stereocenters. The first-order valence-electron chi connectivity index (χ1n) is 8.81.